The molecule has 3 rings (SSSR count). The van der Waals surface area contributed by atoms with E-state index in [9.17, 15) is 0 Å². The second-order valence-electron chi connectivity index (χ2n) is 6.55. The predicted molar refractivity (Wildman–Crippen MR) is 112 cm³/mol. The van der Waals surface area contributed by atoms with Gasteiger partial charge in [0.15, 0.2) is 11.0 Å². The van der Waals surface area contributed by atoms with Crippen molar-refractivity contribution in [3.05, 3.63) is 59.7 Å². The molecule has 27 heavy (non-hydrogen) atoms. The summed E-state index contributed by atoms with van der Waals surface area (Å²) in [6, 6.07) is 16.8. The van der Waals surface area contributed by atoms with Crippen molar-refractivity contribution >= 4 is 11.8 Å². The molecule has 0 atom stereocenters. The first kappa shape index (κ1) is 19.5. The molecule has 0 aliphatic rings. The number of nitrogens with zero attached hydrogens (tertiary/aromatic N) is 3. The number of unbranched alkanes of at least 4 members (excludes halogenated alkanes) is 1. The number of rotatable bonds is 9. The minimum atomic E-state index is 0.765. The molecule has 0 fully saturated rings. The number of aromatic nitrogens is 3. The van der Waals surface area contributed by atoms with Crippen LogP contribution in [0, 0.1) is 6.92 Å². The molecule has 2 aromatic carbocycles. The van der Waals surface area contributed by atoms with E-state index in [0.29, 0.717) is 0 Å². The number of hydrogen-bond acceptors (Lipinski definition) is 4. The highest BCUT2D eigenvalue weighted by Crippen LogP contribution is 2.27. The highest BCUT2D eigenvalue weighted by atomic mass is 32.2. The second kappa shape index (κ2) is 9.60. The maximum absolute atomic E-state index is 5.75. The van der Waals surface area contributed by atoms with E-state index >= 15 is 0 Å². The minimum absolute atomic E-state index is 0.765. The first-order valence-electron chi connectivity index (χ1n) is 9.56. The molecule has 3 aromatic rings. The predicted octanol–water partition coefficient (Wildman–Crippen LogP) is 5.74. The van der Waals surface area contributed by atoms with Crippen LogP contribution >= 0.6 is 11.8 Å². The number of ether oxygens (including phenoxy) is 1. The molecule has 0 bridgehead atoms. The van der Waals surface area contributed by atoms with Crippen molar-refractivity contribution in [1.29, 1.82) is 0 Å². The largest absolute Gasteiger partial charge is 0.494 e. The lowest BCUT2D eigenvalue weighted by atomic mass is 10.2. The first-order valence-corrected chi connectivity index (χ1v) is 10.5. The van der Waals surface area contributed by atoms with E-state index in [1.807, 2.05) is 12.1 Å². The Hall–Kier alpha value is -2.27. The summed E-state index contributed by atoms with van der Waals surface area (Å²) in [5.74, 6) is 2.70. The number of hydrogen-bond donors (Lipinski definition) is 0. The second-order valence-corrected chi connectivity index (χ2v) is 7.49. The molecule has 0 amide bonds. The number of benzene rings is 2. The van der Waals surface area contributed by atoms with Gasteiger partial charge in [-0.15, -0.1) is 10.2 Å². The van der Waals surface area contributed by atoms with Crippen molar-refractivity contribution in [2.45, 2.75) is 51.1 Å². The molecular weight excluding hydrogens is 354 g/mol. The van der Waals surface area contributed by atoms with Gasteiger partial charge in [0.1, 0.15) is 5.75 Å². The first-order chi connectivity index (χ1) is 13.2. The molecule has 0 unspecified atom stereocenters. The standard InChI is InChI=1S/C22H27N3OS/c1-4-6-15-26-20-13-11-19(12-14-20)21-23-24-22(25(21)5-2)27-16-18-9-7-17(3)8-10-18/h7-14H,4-6,15-16H2,1-3H3. The van der Waals surface area contributed by atoms with Crippen LogP contribution in [-0.2, 0) is 12.3 Å². The number of aryl methyl sites for hydroxylation is 1. The smallest absolute Gasteiger partial charge is 0.191 e. The molecule has 5 heteroatoms. The summed E-state index contributed by atoms with van der Waals surface area (Å²) in [4.78, 5) is 0. The Balaban J connectivity index is 1.70. The SMILES string of the molecule is CCCCOc1ccc(-c2nnc(SCc3ccc(C)cc3)n2CC)cc1. The topological polar surface area (TPSA) is 39.9 Å². The third kappa shape index (κ3) is 5.13. The Bertz CT molecular complexity index is 841. The fourth-order valence-corrected chi connectivity index (χ4v) is 3.72. The molecule has 0 saturated carbocycles. The molecule has 0 aliphatic heterocycles. The molecule has 0 saturated heterocycles. The zero-order valence-electron chi connectivity index (χ0n) is 16.3. The van der Waals surface area contributed by atoms with Gasteiger partial charge in [-0.2, -0.15) is 0 Å². The fraction of sp³-hybridized carbons (Fsp3) is 0.364. The van der Waals surface area contributed by atoms with Gasteiger partial charge in [0.05, 0.1) is 6.61 Å². The lowest BCUT2D eigenvalue weighted by Crippen LogP contribution is -2.00. The lowest BCUT2D eigenvalue weighted by Gasteiger charge is -2.09. The zero-order chi connectivity index (χ0) is 19.1. The van der Waals surface area contributed by atoms with Gasteiger partial charge in [0.25, 0.3) is 0 Å². The van der Waals surface area contributed by atoms with Crippen LogP contribution in [0.1, 0.15) is 37.8 Å². The van der Waals surface area contributed by atoms with Crippen LogP contribution in [0.3, 0.4) is 0 Å². The van der Waals surface area contributed by atoms with E-state index in [0.717, 1.165) is 54.0 Å². The van der Waals surface area contributed by atoms with Crippen LogP contribution in [0.25, 0.3) is 11.4 Å². The molecule has 4 nitrogen and oxygen atoms in total. The van der Waals surface area contributed by atoms with Crippen LogP contribution in [0.4, 0.5) is 0 Å². The molecular formula is C22H27N3OS. The quantitative estimate of drug-likeness (QED) is 0.350. The van der Waals surface area contributed by atoms with Gasteiger partial charge in [-0.05, 0) is 50.1 Å². The van der Waals surface area contributed by atoms with Crippen molar-refractivity contribution in [3.8, 4) is 17.1 Å². The molecule has 0 spiro atoms. The third-order valence-corrected chi connectivity index (χ3v) is 5.44. The van der Waals surface area contributed by atoms with Crippen LogP contribution in [-0.4, -0.2) is 21.4 Å². The van der Waals surface area contributed by atoms with Crippen LogP contribution in [0.2, 0.25) is 0 Å². The molecule has 0 N–H and O–H groups in total. The summed E-state index contributed by atoms with van der Waals surface area (Å²) in [6.45, 7) is 8.01. The molecule has 0 radical (unpaired) electrons. The fourth-order valence-electron chi connectivity index (χ4n) is 2.76. The van der Waals surface area contributed by atoms with Gasteiger partial charge in [-0.1, -0.05) is 54.9 Å². The normalized spacial score (nSPS) is 10.9. The van der Waals surface area contributed by atoms with E-state index in [1.54, 1.807) is 11.8 Å². The number of thioether (sulfide) groups is 1. The maximum atomic E-state index is 5.75. The third-order valence-electron chi connectivity index (χ3n) is 4.40. The summed E-state index contributed by atoms with van der Waals surface area (Å²) < 4.78 is 7.92. The highest BCUT2D eigenvalue weighted by Gasteiger charge is 2.13. The van der Waals surface area contributed by atoms with E-state index in [1.165, 1.54) is 11.1 Å². The van der Waals surface area contributed by atoms with E-state index in [2.05, 4.69) is 71.9 Å². The van der Waals surface area contributed by atoms with Crippen molar-refractivity contribution in [2.75, 3.05) is 6.61 Å². The lowest BCUT2D eigenvalue weighted by molar-refractivity contribution is 0.309. The van der Waals surface area contributed by atoms with Crippen LogP contribution in [0.15, 0.2) is 53.7 Å². The summed E-state index contributed by atoms with van der Waals surface area (Å²) in [7, 11) is 0. The summed E-state index contributed by atoms with van der Waals surface area (Å²) in [5, 5.41) is 9.82. The van der Waals surface area contributed by atoms with Gasteiger partial charge in [0, 0.05) is 17.9 Å². The Morgan fingerprint density at radius 1 is 0.963 bits per heavy atom. The van der Waals surface area contributed by atoms with Crippen molar-refractivity contribution in [3.63, 3.8) is 0 Å². The van der Waals surface area contributed by atoms with Gasteiger partial charge in [-0.3, -0.25) is 0 Å². The molecule has 1 heterocycles. The Morgan fingerprint density at radius 2 is 1.70 bits per heavy atom. The van der Waals surface area contributed by atoms with Crippen LogP contribution in [0.5, 0.6) is 5.75 Å². The maximum Gasteiger partial charge on any atom is 0.191 e. The Labute approximate surface area is 166 Å². The summed E-state index contributed by atoms with van der Waals surface area (Å²) in [5.41, 5.74) is 3.64. The average Bonchev–Trinajstić information content (AvgIpc) is 3.11. The van der Waals surface area contributed by atoms with Gasteiger partial charge in [0.2, 0.25) is 0 Å². The van der Waals surface area contributed by atoms with Crippen molar-refractivity contribution < 1.29 is 4.74 Å². The summed E-state index contributed by atoms with van der Waals surface area (Å²) >= 11 is 1.73. The summed E-state index contributed by atoms with van der Waals surface area (Å²) in [6.07, 6.45) is 2.22. The molecule has 0 aliphatic carbocycles. The van der Waals surface area contributed by atoms with Gasteiger partial charge >= 0.3 is 0 Å². The molecule has 142 valence electrons. The van der Waals surface area contributed by atoms with E-state index in [-0.39, 0.29) is 0 Å². The van der Waals surface area contributed by atoms with Crippen molar-refractivity contribution in [2.24, 2.45) is 0 Å². The van der Waals surface area contributed by atoms with Gasteiger partial charge < -0.3 is 9.30 Å². The van der Waals surface area contributed by atoms with Crippen LogP contribution < -0.4 is 4.74 Å². The molecule has 1 aromatic heterocycles. The zero-order valence-corrected chi connectivity index (χ0v) is 17.1. The highest BCUT2D eigenvalue weighted by molar-refractivity contribution is 7.98. The average molecular weight is 382 g/mol. The Kier molecular flexibility index (Phi) is 6.93. The van der Waals surface area contributed by atoms with E-state index in [4.69, 9.17) is 4.74 Å². The Morgan fingerprint density at radius 3 is 2.37 bits per heavy atom. The van der Waals surface area contributed by atoms with E-state index < -0.39 is 0 Å². The monoisotopic (exact) mass is 381 g/mol. The van der Waals surface area contributed by atoms with Gasteiger partial charge in [-0.25, -0.2) is 0 Å². The van der Waals surface area contributed by atoms with Crippen molar-refractivity contribution in [1.82, 2.24) is 14.8 Å². The minimum Gasteiger partial charge on any atom is -0.494 e.